The summed E-state index contributed by atoms with van der Waals surface area (Å²) < 4.78 is 10.8. The highest BCUT2D eigenvalue weighted by molar-refractivity contribution is 5.85. The molecule has 0 unspecified atom stereocenters. The number of carboxylic acid groups (broad SMARTS) is 1. The van der Waals surface area contributed by atoms with E-state index in [0.717, 1.165) is 6.08 Å². The van der Waals surface area contributed by atoms with Crippen LogP contribution in [0.4, 0.5) is 0 Å². The molecule has 0 amide bonds. The third kappa shape index (κ3) is 11.7. The number of allylic oxidation sites excluding steroid dienone is 1. The maximum Gasteiger partial charge on any atom is 0.370 e. The number of carbonyl (C=O) groups is 3. The van der Waals surface area contributed by atoms with Gasteiger partial charge in [0.2, 0.25) is 5.76 Å². The zero-order valence-corrected chi connectivity index (χ0v) is 24.9. The Morgan fingerprint density at radius 2 is 1.22 bits per heavy atom. The highest BCUT2D eigenvalue weighted by Gasteiger charge is 2.44. The predicted molar refractivity (Wildman–Crippen MR) is 159 cm³/mol. The van der Waals surface area contributed by atoms with Gasteiger partial charge < -0.3 is 77.7 Å². The normalized spacial score (nSPS) is 26.8. The number of nitrogens with zero attached hydrogens (tertiary/aromatic N) is 2. The Balaban J connectivity index is 0.000000450. The van der Waals surface area contributed by atoms with Crippen LogP contribution in [0.5, 0.6) is 0 Å². The Bertz CT molecular complexity index is 1170. The lowest BCUT2D eigenvalue weighted by atomic mass is 9.83. The summed E-state index contributed by atoms with van der Waals surface area (Å²) in [5, 5.41) is 66.6. The summed E-state index contributed by atoms with van der Waals surface area (Å²) in [5.41, 5.74) is 21.4. The quantitative estimate of drug-likeness (QED) is 0.0629. The van der Waals surface area contributed by atoms with Crippen molar-refractivity contribution in [2.45, 2.75) is 75.4 Å². The second-order valence-corrected chi connectivity index (χ2v) is 10.5. The molecule has 0 radical (unpaired) electrons. The molecule has 0 aromatic rings. The van der Waals surface area contributed by atoms with Crippen LogP contribution in [0.1, 0.15) is 26.7 Å². The van der Waals surface area contributed by atoms with E-state index in [-0.39, 0.29) is 36.3 Å². The molecule has 2 heterocycles. The number of aliphatic imine (C=N–C) groups is 2. The molecule has 10 atom stereocenters. The van der Waals surface area contributed by atoms with Crippen molar-refractivity contribution in [2.24, 2.45) is 44.8 Å². The van der Waals surface area contributed by atoms with Crippen molar-refractivity contribution in [3.05, 3.63) is 36.3 Å². The SMILES string of the molecule is C=CC1=C[C@H](N=C(N)N)[C@@H](CC(C)=O)[C@H]([C@H](O)[C@H](O)CO)O1.CC(=O)C[C@H]1[C@H]([C@H](O)[C@H](O)CO)OC(C(=O)O)=C[C@@H]1N=C(N)N. The molecule has 18 heteroatoms. The van der Waals surface area contributed by atoms with Gasteiger partial charge in [0.15, 0.2) is 11.9 Å². The van der Waals surface area contributed by atoms with E-state index in [1.54, 1.807) is 6.08 Å². The Hall–Kier alpha value is -4.07. The molecule has 0 spiro atoms. The summed E-state index contributed by atoms with van der Waals surface area (Å²) in [6, 6.07) is -1.55. The number of aliphatic hydroxyl groups is 6. The molecule has 2 aliphatic heterocycles. The Morgan fingerprint density at radius 1 is 0.822 bits per heavy atom. The third-order valence-corrected chi connectivity index (χ3v) is 6.80. The molecule has 0 saturated carbocycles. The van der Waals surface area contributed by atoms with E-state index >= 15 is 0 Å². The van der Waals surface area contributed by atoms with Crippen molar-refractivity contribution in [2.75, 3.05) is 13.2 Å². The zero-order chi connectivity index (χ0) is 34.6. The predicted octanol–water partition coefficient (Wildman–Crippen LogP) is -4.29. The molecule has 0 bridgehead atoms. The zero-order valence-electron chi connectivity index (χ0n) is 24.9. The van der Waals surface area contributed by atoms with Gasteiger partial charge >= 0.3 is 5.97 Å². The van der Waals surface area contributed by atoms with Gasteiger partial charge in [-0.05, 0) is 32.1 Å². The van der Waals surface area contributed by atoms with Gasteiger partial charge in [0.05, 0.1) is 25.3 Å². The number of ketones is 2. The number of Topliss-reactive ketones (excluding diaryl/α,β-unsaturated/α-hetero) is 2. The number of guanidine groups is 2. The molecule has 0 aromatic carbocycles. The molecule has 15 N–H and O–H groups in total. The van der Waals surface area contributed by atoms with Crippen LogP contribution in [-0.2, 0) is 23.9 Å². The first kappa shape index (κ1) is 39.0. The summed E-state index contributed by atoms with van der Waals surface area (Å²) in [6.07, 6.45) is -4.23. The van der Waals surface area contributed by atoms with E-state index in [4.69, 9.17) is 47.7 Å². The summed E-state index contributed by atoms with van der Waals surface area (Å²) in [6.45, 7) is 4.86. The van der Waals surface area contributed by atoms with E-state index in [0.29, 0.717) is 5.76 Å². The van der Waals surface area contributed by atoms with Crippen molar-refractivity contribution < 1.29 is 59.6 Å². The fourth-order valence-corrected chi connectivity index (χ4v) is 4.80. The van der Waals surface area contributed by atoms with Gasteiger partial charge in [-0.25, -0.2) is 14.8 Å². The number of carboxylic acids is 1. The van der Waals surface area contributed by atoms with E-state index in [2.05, 4.69) is 16.6 Å². The van der Waals surface area contributed by atoms with Crippen LogP contribution in [0, 0.1) is 11.8 Å². The average Bonchev–Trinajstić information content (AvgIpc) is 2.96. The van der Waals surface area contributed by atoms with Crippen LogP contribution in [0.2, 0.25) is 0 Å². The Morgan fingerprint density at radius 3 is 1.56 bits per heavy atom. The number of hydrogen-bond acceptors (Lipinski definition) is 13. The monoisotopic (exact) mass is 644 g/mol. The summed E-state index contributed by atoms with van der Waals surface area (Å²) in [5.74, 6) is -3.92. The number of aliphatic carboxylic acids is 1. The first-order chi connectivity index (χ1) is 21.0. The van der Waals surface area contributed by atoms with Crippen LogP contribution >= 0.6 is 0 Å². The number of aliphatic hydroxyl groups excluding tert-OH is 6. The number of carbonyl (C=O) groups excluding carboxylic acids is 2. The highest BCUT2D eigenvalue weighted by atomic mass is 16.5. The molecule has 0 fully saturated rings. The number of ether oxygens (including phenoxy) is 2. The van der Waals surface area contributed by atoms with E-state index < -0.39 is 85.5 Å². The van der Waals surface area contributed by atoms with E-state index in [9.17, 15) is 34.8 Å². The largest absolute Gasteiger partial charge is 0.487 e. The molecule has 254 valence electrons. The summed E-state index contributed by atoms with van der Waals surface area (Å²) in [4.78, 5) is 42.0. The molecule has 0 aliphatic carbocycles. The second-order valence-electron chi connectivity index (χ2n) is 10.5. The molecule has 0 aromatic heterocycles. The number of rotatable bonds is 14. The summed E-state index contributed by atoms with van der Waals surface area (Å²) >= 11 is 0. The first-order valence-electron chi connectivity index (χ1n) is 13.7. The average molecular weight is 645 g/mol. The second kappa shape index (κ2) is 18.0. The minimum absolute atomic E-state index is 0.0439. The molecular weight excluding hydrogens is 600 g/mol. The lowest BCUT2D eigenvalue weighted by Crippen LogP contribution is -2.51. The van der Waals surface area contributed by atoms with Gasteiger partial charge in [0, 0.05) is 24.7 Å². The molecule has 45 heavy (non-hydrogen) atoms. The molecule has 2 rings (SSSR count). The van der Waals surface area contributed by atoms with E-state index in [1.807, 2.05) is 0 Å². The minimum atomic E-state index is -1.64. The van der Waals surface area contributed by atoms with Crippen molar-refractivity contribution in [1.29, 1.82) is 0 Å². The fourth-order valence-electron chi connectivity index (χ4n) is 4.80. The third-order valence-electron chi connectivity index (χ3n) is 6.80. The van der Waals surface area contributed by atoms with Gasteiger partial charge in [-0.3, -0.25) is 0 Å². The van der Waals surface area contributed by atoms with Gasteiger partial charge in [-0.15, -0.1) is 0 Å². The maximum absolute atomic E-state index is 11.5. The summed E-state index contributed by atoms with van der Waals surface area (Å²) in [7, 11) is 0. The fraction of sp³-hybridized carbons (Fsp3) is 0.593. The lowest BCUT2D eigenvalue weighted by molar-refractivity contribution is -0.148. The van der Waals surface area contributed by atoms with Crippen LogP contribution in [0.15, 0.2) is 46.3 Å². The standard InChI is InChI=1S/C14H23N3O5.C13H21N3O7/c1-3-8-5-10(17-14(15)16)9(4-7(2)19)13(22-8)12(21)11(20)6-18;1-5(18)2-6-7(16-13(14)15)3-9(12(21)22)23-11(6)10(20)8(19)4-17/h3,5,9-13,18,20-21H,1,4,6H2,2H3,(H4,15,16,17);3,6-8,10-11,17,19-20H,2,4H2,1H3,(H,21,22)(H4,14,15,16)/t9-,10+,11-,12-,13-;6-,7+,8-,10-,11-/m11/s1. The lowest BCUT2D eigenvalue weighted by Gasteiger charge is -2.38. The van der Waals surface area contributed by atoms with Crippen LogP contribution in [-0.4, -0.2) is 127 Å². The topological polar surface area (TPSA) is 340 Å². The minimum Gasteiger partial charge on any atom is -0.487 e. The number of hydrogen-bond donors (Lipinski definition) is 11. The highest BCUT2D eigenvalue weighted by Crippen LogP contribution is 2.33. The molecular formula is C27H44N6O12. The first-order valence-corrected chi connectivity index (χ1v) is 13.7. The van der Waals surface area contributed by atoms with Gasteiger partial charge in [0.25, 0.3) is 0 Å². The molecule has 2 aliphatic rings. The Kier molecular flexibility index (Phi) is 15.6. The molecule has 18 nitrogen and oxygen atoms in total. The molecule has 0 saturated heterocycles. The van der Waals surface area contributed by atoms with Gasteiger partial charge in [0.1, 0.15) is 53.9 Å². The van der Waals surface area contributed by atoms with Gasteiger partial charge in [-0.2, -0.15) is 0 Å². The van der Waals surface area contributed by atoms with Crippen molar-refractivity contribution in [3.63, 3.8) is 0 Å². The van der Waals surface area contributed by atoms with Crippen LogP contribution in [0.25, 0.3) is 0 Å². The van der Waals surface area contributed by atoms with Crippen LogP contribution < -0.4 is 22.9 Å². The smallest absolute Gasteiger partial charge is 0.370 e. The number of nitrogens with two attached hydrogens (primary N) is 4. The van der Waals surface area contributed by atoms with Crippen molar-refractivity contribution in [3.8, 4) is 0 Å². The van der Waals surface area contributed by atoms with Gasteiger partial charge in [-0.1, -0.05) is 6.58 Å². The van der Waals surface area contributed by atoms with Crippen molar-refractivity contribution in [1.82, 2.24) is 0 Å². The van der Waals surface area contributed by atoms with E-state index in [1.165, 1.54) is 19.9 Å². The van der Waals surface area contributed by atoms with Crippen LogP contribution in [0.3, 0.4) is 0 Å². The van der Waals surface area contributed by atoms with Crippen molar-refractivity contribution >= 4 is 29.5 Å². The maximum atomic E-state index is 11.5. The Labute approximate surface area is 259 Å².